The normalized spacial score (nSPS) is 23.6. The Labute approximate surface area is 86.7 Å². The van der Waals surface area contributed by atoms with Crippen molar-refractivity contribution in [3.8, 4) is 0 Å². The van der Waals surface area contributed by atoms with Gasteiger partial charge in [-0.05, 0) is 6.54 Å². The molecule has 0 radical (unpaired) electrons. The number of nitrogens with zero attached hydrogens (tertiary/aromatic N) is 2. The summed E-state index contributed by atoms with van der Waals surface area (Å²) >= 11 is 0. The highest BCUT2D eigenvalue weighted by molar-refractivity contribution is 4.55. The second-order valence-corrected chi connectivity index (χ2v) is 3.40. The third kappa shape index (κ3) is 4.37. The highest BCUT2D eigenvalue weighted by atomic mass is 16.7. The summed E-state index contributed by atoms with van der Waals surface area (Å²) in [5.41, 5.74) is 0. The Balaban J connectivity index is 2.29. The van der Waals surface area contributed by atoms with Crippen molar-refractivity contribution in [3.63, 3.8) is 0 Å². The maximum absolute atomic E-state index is 5.61. The Morgan fingerprint density at radius 1 is 0.929 bits per heavy atom. The molecule has 1 saturated heterocycles. The van der Waals surface area contributed by atoms with Crippen molar-refractivity contribution in [1.29, 1.82) is 0 Å². The lowest BCUT2D eigenvalue weighted by Gasteiger charge is -2.26. The topological polar surface area (TPSA) is 24.9 Å². The second-order valence-electron chi connectivity index (χ2n) is 3.40. The van der Waals surface area contributed by atoms with Crippen LogP contribution in [0.1, 0.15) is 13.8 Å². The first kappa shape index (κ1) is 11.9. The maximum Gasteiger partial charge on any atom is 0.0812 e. The van der Waals surface area contributed by atoms with Gasteiger partial charge in [-0.2, -0.15) is 5.06 Å². The van der Waals surface area contributed by atoms with Crippen LogP contribution in [0.3, 0.4) is 0 Å². The third-order valence-corrected chi connectivity index (χ3v) is 2.52. The fraction of sp³-hybridized carbons (Fsp3) is 1.00. The summed E-state index contributed by atoms with van der Waals surface area (Å²) < 4.78 is 5.51. The SMILES string of the molecule is CCN1CCOCCN(CC)OCC1. The molecule has 1 rings (SSSR count). The molecule has 1 fully saturated rings. The van der Waals surface area contributed by atoms with E-state index < -0.39 is 0 Å². The zero-order valence-electron chi connectivity index (χ0n) is 9.37. The summed E-state index contributed by atoms with van der Waals surface area (Å²) in [6, 6.07) is 0. The van der Waals surface area contributed by atoms with Crippen LogP contribution >= 0.6 is 0 Å². The Kier molecular flexibility index (Phi) is 6.10. The van der Waals surface area contributed by atoms with Crippen LogP contribution in [0.15, 0.2) is 0 Å². The molecule has 0 bridgehead atoms. The second kappa shape index (κ2) is 7.17. The van der Waals surface area contributed by atoms with Gasteiger partial charge in [0.1, 0.15) is 0 Å². The molecule has 4 nitrogen and oxygen atoms in total. The van der Waals surface area contributed by atoms with Crippen LogP contribution in [0.5, 0.6) is 0 Å². The van der Waals surface area contributed by atoms with Gasteiger partial charge in [0.2, 0.25) is 0 Å². The minimum atomic E-state index is 0.769. The average Bonchev–Trinajstić information content (AvgIpc) is 2.24. The molecule has 1 aliphatic rings. The van der Waals surface area contributed by atoms with E-state index in [1.807, 2.05) is 5.06 Å². The van der Waals surface area contributed by atoms with Crippen molar-refractivity contribution < 1.29 is 9.57 Å². The molecule has 0 aliphatic carbocycles. The molecule has 0 aromatic rings. The fourth-order valence-corrected chi connectivity index (χ4v) is 1.50. The van der Waals surface area contributed by atoms with E-state index in [1.54, 1.807) is 0 Å². The van der Waals surface area contributed by atoms with Crippen LogP contribution in [-0.4, -0.2) is 62.5 Å². The molecule has 0 aromatic heterocycles. The summed E-state index contributed by atoms with van der Waals surface area (Å²) in [5.74, 6) is 0. The summed E-state index contributed by atoms with van der Waals surface area (Å²) in [6.07, 6.45) is 0. The van der Waals surface area contributed by atoms with E-state index in [1.165, 1.54) is 0 Å². The van der Waals surface area contributed by atoms with E-state index in [2.05, 4.69) is 18.7 Å². The van der Waals surface area contributed by atoms with Gasteiger partial charge in [-0.15, -0.1) is 0 Å². The highest BCUT2D eigenvalue weighted by Crippen LogP contribution is 1.96. The number of hydroxylamine groups is 2. The molecule has 0 amide bonds. The first-order chi connectivity index (χ1) is 6.86. The van der Waals surface area contributed by atoms with Gasteiger partial charge in [-0.25, -0.2) is 0 Å². The molecule has 0 spiro atoms. The van der Waals surface area contributed by atoms with Crippen LogP contribution < -0.4 is 0 Å². The van der Waals surface area contributed by atoms with Gasteiger partial charge < -0.3 is 4.74 Å². The van der Waals surface area contributed by atoms with Crippen molar-refractivity contribution in [3.05, 3.63) is 0 Å². The summed E-state index contributed by atoms with van der Waals surface area (Å²) in [6.45, 7) is 11.6. The van der Waals surface area contributed by atoms with Crippen LogP contribution in [0.2, 0.25) is 0 Å². The van der Waals surface area contributed by atoms with Gasteiger partial charge >= 0.3 is 0 Å². The molecule has 0 aromatic carbocycles. The number of hydrogen-bond donors (Lipinski definition) is 0. The number of ether oxygens (including phenoxy) is 1. The summed E-state index contributed by atoms with van der Waals surface area (Å²) in [7, 11) is 0. The van der Waals surface area contributed by atoms with E-state index in [-0.39, 0.29) is 0 Å². The third-order valence-electron chi connectivity index (χ3n) is 2.52. The van der Waals surface area contributed by atoms with Crippen molar-refractivity contribution in [2.24, 2.45) is 0 Å². The minimum Gasteiger partial charge on any atom is -0.379 e. The molecule has 0 saturated carbocycles. The lowest BCUT2D eigenvalue weighted by atomic mass is 10.4. The molecule has 84 valence electrons. The largest absolute Gasteiger partial charge is 0.379 e. The lowest BCUT2D eigenvalue weighted by Crippen LogP contribution is -2.37. The molecule has 0 atom stereocenters. The van der Waals surface area contributed by atoms with Crippen molar-refractivity contribution >= 4 is 0 Å². The maximum atomic E-state index is 5.61. The van der Waals surface area contributed by atoms with Crippen molar-refractivity contribution in [1.82, 2.24) is 9.96 Å². The number of rotatable bonds is 2. The standard InChI is InChI=1S/C10H22N2O2/c1-3-11-5-8-13-9-7-12(4-2)14-10-6-11/h3-10H2,1-2H3. The van der Waals surface area contributed by atoms with Gasteiger partial charge in [0.15, 0.2) is 0 Å². The van der Waals surface area contributed by atoms with Crippen LogP contribution in [0, 0.1) is 0 Å². The molecule has 1 aliphatic heterocycles. The van der Waals surface area contributed by atoms with E-state index in [0.717, 1.165) is 52.5 Å². The monoisotopic (exact) mass is 202 g/mol. The van der Waals surface area contributed by atoms with E-state index in [0.29, 0.717) is 0 Å². The van der Waals surface area contributed by atoms with Gasteiger partial charge in [0.05, 0.1) is 19.8 Å². The summed E-state index contributed by atoms with van der Waals surface area (Å²) in [5, 5.41) is 1.97. The average molecular weight is 202 g/mol. The van der Waals surface area contributed by atoms with Gasteiger partial charge in [0, 0.05) is 26.2 Å². The van der Waals surface area contributed by atoms with E-state index >= 15 is 0 Å². The van der Waals surface area contributed by atoms with Crippen molar-refractivity contribution in [2.45, 2.75) is 13.8 Å². The number of hydrogen-bond acceptors (Lipinski definition) is 4. The van der Waals surface area contributed by atoms with Crippen LogP contribution in [0.4, 0.5) is 0 Å². The molecular weight excluding hydrogens is 180 g/mol. The van der Waals surface area contributed by atoms with Crippen molar-refractivity contribution in [2.75, 3.05) is 52.5 Å². The first-order valence-electron chi connectivity index (χ1n) is 5.54. The molecule has 4 heteroatoms. The Morgan fingerprint density at radius 2 is 1.64 bits per heavy atom. The molecule has 0 N–H and O–H groups in total. The van der Waals surface area contributed by atoms with Gasteiger partial charge in [0.25, 0.3) is 0 Å². The molecule has 1 heterocycles. The first-order valence-corrected chi connectivity index (χ1v) is 5.54. The van der Waals surface area contributed by atoms with Crippen LogP contribution in [0.25, 0.3) is 0 Å². The predicted octanol–water partition coefficient (Wildman–Crippen LogP) is 0.592. The highest BCUT2D eigenvalue weighted by Gasteiger charge is 2.08. The number of likely N-dealkylation sites (N-methyl/N-ethyl adjacent to an activating group) is 2. The molecule has 0 unspecified atom stereocenters. The molecular formula is C10H22N2O2. The smallest absolute Gasteiger partial charge is 0.0812 e. The molecule has 14 heavy (non-hydrogen) atoms. The summed E-state index contributed by atoms with van der Waals surface area (Å²) in [4.78, 5) is 7.96. The zero-order chi connectivity index (χ0) is 10.2. The Morgan fingerprint density at radius 3 is 2.36 bits per heavy atom. The van der Waals surface area contributed by atoms with Gasteiger partial charge in [-0.1, -0.05) is 13.8 Å². The lowest BCUT2D eigenvalue weighted by molar-refractivity contribution is -0.171. The zero-order valence-corrected chi connectivity index (χ0v) is 9.37. The van der Waals surface area contributed by atoms with Gasteiger partial charge in [-0.3, -0.25) is 9.74 Å². The minimum absolute atomic E-state index is 0.769. The Hall–Kier alpha value is -0.160. The van der Waals surface area contributed by atoms with E-state index in [4.69, 9.17) is 9.57 Å². The predicted molar refractivity (Wildman–Crippen MR) is 56.1 cm³/mol. The van der Waals surface area contributed by atoms with Crippen LogP contribution in [-0.2, 0) is 9.57 Å². The Bertz CT molecular complexity index is 130. The van der Waals surface area contributed by atoms with E-state index in [9.17, 15) is 0 Å². The quantitative estimate of drug-likeness (QED) is 0.654. The fourth-order valence-electron chi connectivity index (χ4n) is 1.50.